The number of hydrogen-bond acceptors (Lipinski definition) is 2. The summed E-state index contributed by atoms with van der Waals surface area (Å²) in [5.74, 6) is -0.313. The van der Waals surface area contributed by atoms with E-state index in [1.54, 1.807) is 0 Å². The van der Waals surface area contributed by atoms with E-state index in [1.807, 2.05) is 49.4 Å². The van der Waals surface area contributed by atoms with Gasteiger partial charge in [-0.2, -0.15) is 0 Å². The molecule has 2 aromatic carbocycles. The third-order valence-electron chi connectivity index (χ3n) is 3.90. The first kappa shape index (κ1) is 13.7. The van der Waals surface area contributed by atoms with Crippen molar-refractivity contribution < 1.29 is 9.90 Å². The van der Waals surface area contributed by atoms with Crippen molar-refractivity contribution >= 4 is 11.7 Å². The molecule has 2 aromatic rings. The second-order valence-corrected chi connectivity index (χ2v) is 5.69. The first-order chi connectivity index (χ1) is 10.1. The van der Waals surface area contributed by atoms with Crippen molar-refractivity contribution in [3.8, 4) is 0 Å². The SMILES string of the molecule is Cc1cccc(NC(C(=O)O)c2ccccc2C2CC2)c1. The average Bonchev–Trinajstić information content (AvgIpc) is 3.29. The van der Waals surface area contributed by atoms with Crippen LogP contribution < -0.4 is 5.32 Å². The lowest BCUT2D eigenvalue weighted by atomic mass is 9.97. The zero-order valence-electron chi connectivity index (χ0n) is 12.0. The summed E-state index contributed by atoms with van der Waals surface area (Å²) in [5.41, 5.74) is 4.01. The monoisotopic (exact) mass is 281 g/mol. The number of carbonyl (C=O) groups is 1. The van der Waals surface area contributed by atoms with Gasteiger partial charge < -0.3 is 10.4 Å². The summed E-state index contributed by atoms with van der Waals surface area (Å²) in [6.45, 7) is 2.00. The van der Waals surface area contributed by atoms with Crippen LogP contribution >= 0.6 is 0 Å². The molecule has 0 spiro atoms. The van der Waals surface area contributed by atoms with Gasteiger partial charge in [-0.15, -0.1) is 0 Å². The summed E-state index contributed by atoms with van der Waals surface area (Å²) in [7, 11) is 0. The van der Waals surface area contributed by atoms with Crippen LogP contribution in [0.25, 0.3) is 0 Å². The maximum atomic E-state index is 11.7. The molecule has 1 aliphatic rings. The third kappa shape index (κ3) is 3.07. The molecule has 0 bridgehead atoms. The largest absolute Gasteiger partial charge is 0.479 e. The number of aryl methyl sites for hydroxylation is 1. The Bertz CT molecular complexity index is 662. The molecule has 0 saturated heterocycles. The van der Waals surface area contributed by atoms with E-state index in [0.29, 0.717) is 5.92 Å². The Labute approximate surface area is 124 Å². The van der Waals surface area contributed by atoms with E-state index in [1.165, 1.54) is 5.56 Å². The molecule has 3 rings (SSSR count). The van der Waals surface area contributed by atoms with Gasteiger partial charge in [0.15, 0.2) is 6.04 Å². The Hall–Kier alpha value is -2.29. The van der Waals surface area contributed by atoms with Gasteiger partial charge >= 0.3 is 5.97 Å². The van der Waals surface area contributed by atoms with Crippen molar-refractivity contribution in [3.63, 3.8) is 0 Å². The van der Waals surface area contributed by atoms with Crippen molar-refractivity contribution in [1.29, 1.82) is 0 Å². The number of aliphatic carboxylic acids is 1. The molecule has 1 fully saturated rings. The molecule has 21 heavy (non-hydrogen) atoms. The summed E-state index contributed by atoms with van der Waals surface area (Å²) in [6, 6.07) is 15.0. The summed E-state index contributed by atoms with van der Waals surface area (Å²) < 4.78 is 0. The van der Waals surface area contributed by atoms with Crippen LogP contribution in [0.3, 0.4) is 0 Å². The van der Waals surface area contributed by atoms with Gasteiger partial charge in [0.1, 0.15) is 0 Å². The lowest BCUT2D eigenvalue weighted by Gasteiger charge is -2.19. The molecule has 1 saturated carbocycles. The molecule has 0 amide bonds. The number of carboxylic acids is 1. The van der Waals surface area contributed by atoms with Gasteiger partial charge in [-0.25, -0.2) is 4.79 Å². The highest BCUT2D eigenvalue weighted by Gasteiger charge is 2.30. The molecule has 1 unspecified atom stereocenters. The van der Waals surface area contributed by atoms with Crippen molar-refractivity contribution in [2.75, 3.05) is 5.32 Å². The average molecular weight is 281 g/mol. The number of carboxylic acid groups (broad SMARTS) is 1. The summed E-state index contributed by atoms with van der Waals surface area (Å²) >= 11 is 0. The number of rotatable bonds is 5. The molecule has 1 aliphatic carbocycles. The maximum absolute atomic E-state index is 11.7. The van der Waals surface area contributed by atoms with Crippen LogP contribution in [-0.2, 0) is 4.79 Å². The number of hydrogen-bond donors (Lipinski definition) is 2. The topological polar surface area (TPSA) is 49.3 Å². The van der Waals surface area contributed by atoms with Gasteiger partial charge in [-0.05, 0) is 54.5 Å². The second-order valence-electron chi connectivity index (χ2n) is 5.69. The quantitative estimate of drug-likeness (QED) is 0.867. The molecule has 0 radical (unpaired) electrons. The van der Waals surface area contributed by atoms with Crippen molar-refractivity contribution in [2.45, 2.75) is 31.7 Å². The smallest absolute Gasteiger partial charge is 0.330 e. The zero-order chi connectivity index (χ0) is 14.8. The minimum atomic E-state index is -0.843. The number of nitrogens with one attached hydrogen (secondary N) is 1. The standard InChI is InChI=1S/C18H19NO2/c1-12-5-4-6-14(11-12)19-17(18(20)21)16-8-3-2-7-15(16)13-9-10-13/h2-8,11,13,17,19H,9-10H2,1H3,(H,20,21). The molecule has 0 aliphatic heterocycles. The number of anilines is 1. The predicted octanol–water partition coefficient (Wildman–Crippen LogP) is 4.11. The lowest BCUT2D eigenvalue weighted by molar-refractivity contribution is -0.138. The first-order valence-corrected chi connectivity index (χ1v) is 7.30. The van der Waals surface area contributed by atoms with Crippen LogP contribution in [0.5, 0.6) is 0 Å². The summed E-state index contributed by atoms with van der Waals surface area (Å²) in [4.78, 5) is 11.7. The van der Waals surface area contributed by atoms with Gasteiger partial charge in [0.25, 0.3) is 0 Å². The fraction of sp³-hybridized carbons (Fsp3) is 0.278. The van der Waals surface area contributed by atoms with E-state index in [4.69, 9.17) is 0 Å². The Morgan fingerprint density at radius 2 is 1.95 bits per heavy atom. The molecule has 3 nitrogen and oxygen atoms in total. The lowest BCUT2D eigenvalue weighted by Crippen LogP contribution is -2.21. The van der Waals surface area contributed by atoms with Crippen molar-refractivity contribution in [3.05, 3.63) is 65.2 Å². The number of benzene rings is 2. The molecular formula is C18H19NO2. The van der Waals surface area contributed by atoms with E-state index in [9.17, 15) is 9.90 Å². The van der Waals surface area contributed by atoms with Gasteiger partial charge in [0.05, 0.1) is 0 Å². The Morgan fingerprint density at radius 1 is 1.19 bits per heavy atom. The molecular weight excluding hydrogens is 262 g/mol. The fourth-order valence-corrected chi connectivity index (χ4v) is 2.71. The third-order valence-corrected chi connectivity index (χ3v) is 3.90. The minimum absolute atomic E-state index is 0.530. The fourth-order valence-electron chi connectivity index (χ4n) is 2.71. The molecule has 2 N–H and O–H groups in total. The summed E-state index contributed by atoms with van der Waals surface area (Å²) in [6.07, 6.45) is 2.32. The van der Waals surface area contributed by atoms with Gasteiger partial charge in [0.2, 0.25) is 0 Å². The Balaban J connectivity index is 1.93. The molecule has 0 aromatic heterocycles. The van der Waals surface area contributed by atoms with Crippen LogP contribution in [0.4, 0.5) is 5.69 Å². The zero-order valence-corrected chi connectivity index (χ0v) is 12.0. The van der Waals surface area contributed by atoms with Crippen molar-refractivity contribution in [1.82, 2.24) is 0 Å². The molecule has 108 valence electrons. The Kier molecular flexibility index (Phi) is 3.65. The van der Waals surface area contributed by atoms with Crippen LogP contribution in [-0.4, -0.2) is 11.1 Å². The second kappa shape index (κ2) is 5.60. The predicted molar refractivity (Wildman–Crippen MR) is 83.6 cm³/mol. The highest BCUT2D eigenvalue weighted by atomic mass is 16.4. The van der Waals surface area contributed by atoms with E-state index < -0.39 is 12.0 Å². The van der Waals surface area contributed by atoms with E-state index >= 15 is 0 Å². The Morgan fingerprint density at radius 3 is 2.62 bits per heavy atom. The van der Waals surface area contributed by atoms with E-state index in [0.717, 1.165) is 29.7 Å². The molecule has 0 heterocycles. The minimum Gasteiger partial charge on any atom is -0.479 e. The maximum Gasteiger partial charge on any atom is 0.330 e. The van der Waals surface area contributed by atoms with Crippen LogP contribution in [0, 0.1) is 6.92 Å². The molecule has 1 atom stereocenters. The van der Waals surface area contributed by atoms with Crippen LogP contribution in [0.1, 0.15) is 41.5 Å². The van der Waals surface area contributed by atoms with Crippen LogP contribution in [0.15, 0.2) is 48.5 Å². The van der Waals surface area contributed by atoms with Gasteiger partial charge in [0, 0.05) is 5.69 Å². The van der Waals surface area contributed by atoms with E-state index in [-0.39, 0.29) is 0 Å². The molecule has 3 heteroatoms. The van der Waals surface area contributed by atoms with Gasteiger partial charge in [-0.1, -0.05) is 36.4 Å². The summed E-state index contributed by atoms with van der Waals surface area (Å²) in [5, 5.41) is 12.8. The van der Waals surface area contributed by atoms with Crippen molar-refractivity contribution in [2.24, 2.45) is 0 Å². The normalized spacial score (nSPS) is 15.5. The highest BCUT2D eigenvalue weighted by molar-refractivity contribution is 5.80. The van der Waals surface area contributed by atoms with E-state index in [2.05, 4.69) is 11.4 Å². The van der Waals surface area contributed by atoms with Crippen LogP contribution in [0.2, 0.25) is 0 Å². The van der Waals surface area contributed by atoms with Gasteiger partial charge in [-0.3, -0.25) is 0 Å². The highest BCUT2D eigenvalue weighted by Crippen LogP contribution is 2.43. The first-order valence-electron chi connectivity index (χ1n) is 7.30.